The Labute approximate surface area is 168 Å². The Kier molecular flexibility index (Phi) is 6.16. The van der Waals surface area contributed by atoms with Gasteiger partial charge in [0.2, 0.25) is 5.91 Å². The number of nitrogens with zero attached hydrogens (tertiary/aromatic N) is 1. The number of nitrogens with one attached hydrogen (secondary N) is 1. The van der Waals surface area contributed by atoms with Crippen LogP contribution in [0.25, 0.3) is 10.8 Å². The fraction of sp³-hybridized carbons (Fsp3) is 0.542. The van der Waals surface area contributed by atoms with Crippen molar-refractivity contribution in [3.05, 3.63) is 42.0 Å². The van der Waals surface area contributed by atoms with Crippen LogP contribution < -0.4 is 10.1 Å². The lowest BCUT2D eigenvalue weighted by molar-refractivity contribution is -0.134. The number of carbonyl (C=O) groups excluding carboxylic acids is 1. The van der Waals surface area contributed by atoms with Gasteiger partial charge in [-0.25, -0.2) is 0 Å². The minimum atomic E-state index is 0.314. The van der Waals surface area contributed by atoms with E-state index in [9.17, 15) is 4.79 Å². The summed E-state index contributed by atoms with van der Waals surface area (Å²) in [5.41, 5.74) is 1.14. The highest BCUT2D eigenvalue weighted by molar-refractivity contribution is 5.88. The van der Waals surface area contributed by atoms with Crippen LogP contribution in [0.4, 0.5) is 0 Å². The van der Waals surface area contributed by atoms with Crippen molar-refractivity contribution in [2.45, 2.75) is 57.5 Å². The fourth-order valence-corrected chi connectivity index (χ4v) is 4.91. The summed E-state index contributed by atoms with van der Waals surface area (Å²) >= 11 is 0. The zero-order valence-corrected chi connectivity index (χ0v) is 17.0. The monoisotopic (exact) mass is 380 g/mol. The molecule has 0 bridgehead atoms. The minimum Gasteiger partial charge on any atom is -0.496 e. The van der Waals surface area contributed by atoms with Gasteiger partial charge in [0.1, 0.15) is 5.75 Å². The Morgan fingerprint density at radius 2 is 1.96 bits per heavy atom. The van der Waals surface area contributed by atoms with Crippen LogP contribution in [-0.2, 0) is 11.3 Å². The van der Waals surface area contributed by atoms with Crippen molar-refractivity contribution in [2.24, 2.45) is 5.92 Å². The molecule has 1 unspecified atom stereocenters. The van der Waals surface area contributed by atoms with E-state index in [0.29, 0.717) is 30.8 Å². The molecule has 4 nitrogen and oxygen atoms in total. The number of ether oxygens (including phenoxy) is 1. The van der Waals surface area contributed by atoms with Crippen molar-refractivity contribution in [2.75, 3.05) is 20.2 Å². The van der Waals surface area contributed by atoms with E-state index in [2.05, 4.69) is 40.5 Å². The molecule has 4 rings (SSSR count). The van der Waals surface area contributed by atoms with E-state index in [1.807, 2.05) is 6.07 Å². The van der Waals surface area contributed by atoms with Crippen LogP contribution in [0, 0.1) is 5.92 Å². The maximum absolute atomic E-state index is 13.3. The smallest absolute Gasteiger partial charge is 0.223 e. The van der Waals surface area contributed by atoms with Crippen LogP contribution in [0.2, 0.25) is 0 Å². The zero-order chi connectivity index (χ0) is 19.3. The molecule has 2 aliphatic rings. The number of fused-ring (bicyclic) bond motifs is 1. The third-order valence-electron chi connectivity index (χ3n) is 6.56. The molecule has 1 saturated carbocycles. The van der Waals surface area contributed by atoms with Crippen molar-refractivity contribution < 1.29 is 9.53 Å². The minimum absolute atomic E-state index is 0.314. The fourth-order valence-electron chi connectivity index (χ4n) is 4.91. The van der Waals surface area contributed by atoms with Crippen LogP contribution in [0.15, 0.2) is 36.4 Å². The Morgan fingerprint density at radius 3 is 2.71 bits per heavy atom. The molecule has 0 spiro atoms. The van der Waals surface area contributed by atoms with Gasteiger partial charge in [0.05, 0.1) is 13.7 Å². The van der Waals surface area contributed by atoms with Gasteiger partial charge < -0.3 is 15.0 Å². The first-order valence-electron chi connectivity index (χ1n) is 10.8. The summed E-state index contributed by atoms with van der Waals surface area (Å²) in [4.78, 5) is 15.5. The molecule has 0 aromatic heterocycles. The summed E-state index contributed by atoms with van der Waals surface area (Å²) in [5, 5.41) is 5.81. The van der Waals surface area contributed by atoms with Crippen molar-refractivity contribution in [1.82, 2.24) is 10.2 Å². The molecule has 1 saturated heterocycles. The van der Waals surface area contributed by atoms with Gasteiger partial charge in [0, 0.05) is 18.0 Å². The second kappa shape index (κ2) is 8.95. The second-order valence-corrected chi connectivity index (χ2v) is 8.32. The highest BCUT2D eigenvalue weighted by Gasteiger charge is 2.28. The van der Waals surface area contributed by atoms with Crippen LogP contribution in [0.3, 0.4) is 0 Å². The number of methoxy groups -OCH3 is 1. The molecule has 4 heteroatoms. The van der Waals surface area contributed by atoms with Crippen molar-refractivity contribution >= 4 is 16.7 Å². The second-order valence-electron chi connectivity index (χ2n) is 8.32. The van der Waals surface area contributed by atoms with Crippen LogP contribution in [0.5, 0.6) is 5.75 Å². The molecule has 1 amide bonds. The number of hydrogen-bond donors (Lipinski definition) is 1. The van der Waals surface area contributed by atoms with Crippen molar-refractivity contribution in [3.63, 3.8) is 0 Å². The van der Waals surface area contributed by atoms with Gasteiger partial charge in [-0.05, 0) is 61.5 Å². The molecule has 28 heavy (non-hydrogen) atoms. The first-order valence-corrected chi connectivity index (χ1v) is 10.8. The predicted molar refractivity (Wildman–Crippen MR) is 114 cm³/mol. The van der Waals surface area contributed by atoms with E-state index in [1.165, 1.54) is 30.0 Å². The largest absolute Gasteiger partial charge is 0.496 e. The normalized spacial score (nSPS) is 20.0. The van der Waals surface area contributed by atoms with E-state index in [0.717, 1.165) is 43.7 Å². The van der Waals surface area contributed by atoms with E-state index in [4.69, 9.17) is 4.74 Å². The Morgan fingerprint density at radius 1 is 1.14 bits per heavy atom. The molecule has 2 fully saturated rings. The van der Waals surface area contributed by atoms with Crippen LogP contribution >= 0.6 is 0 Å². The lowest BCUT2D eigenvalue weighted by Gasteiger charge is -2.30. The van der Waals surface area contributed by atoms with Gasteiger partial charge in [0.25, 0.3) is 0 Å². The van der Waals surface area contributed by atoms with E-state index >= 15 is 0 Å². The van der Waals surface area contributed by atoms with E-state index < -0.39 is 0 Å². The summed E-state index contributed by atoms with van der Waals surface area (Å²) in [6.45, 7) is 2.81. The number of amides is 1. The Hall–Kier alpha value is -2.07. The molecule has 0 radical (unpaired) electrons. The van der Waals surface area contributed by atoms with Crippen molar-refractivity contribution in [1.29, 1.82) is 0 Å². The van der Waals surface area contributed by atoms with Gasteiger partial charge >= 0.3 is 0 Å². The highest BCUT2D eigenvalue weighted by atomic mass is 16.5. The molecule has 2 aromatic carbocycles. The third kappa shape index (κ3) is 4.17. The Balaban J connectivity index is 1.58. The number of rotatable bonds is 7. The summed E-state index contributed by atoms with van der Waals surface area (Å²) in [6.07, 6.45) is 7.58. The number of carbonyl (C=O) groups is 1. The quantitative estimate of drug-likeness (QED) is 0.768. The zero-order valence-electron chi connectivity index (χ0n) is 17.0. The lowest BCUT2D eigenvalue weighted by Crippen LogP contribution is -2.38. The summed E-state index contributed by atoms with van der Waals surface area (Å²) < 4.78 is 5.69. The number of hydrogen-bond acceptors (Lipinski definition) is 3. The van der Waals surface area contributed by atoms with Gasteiger partial charge in [0.15, 0.2) is 0 Å². The third-order valence-corrected chi connectivity index (χ3v) is 6.56. The maximum Gasteiger partial charge on any atom is 0.223 e. The van der Waals surface area contributed by atoms with Gasteiger partial charge in [-0.3, -0.25) is 4.79 Å². The molecule has 2 aromatic rings. The molecule has 1 aliphatic carbocycles. The summed E-state index contributed by atoms with van der Waals surface area (Å²) in [6, 6.07) is 12.9. The average molecular weight is 381 g/mol. The molecule has 1 N–H and O–H groups in total. The van der Waals surface area contributed by atoms with E-state index in [1.54, 1.807) is 7.11 Å². The summed E-state index contributed by atoms with van der Waals surface area (Å²) in [5.74, 6) is 1.85. The SMILES string of the molecule is COc1ccc2ccccc2c1CN(C(=O)CCC1CCNC1)C1CCCC1. The maximum atomic E-state index is 13.3. The topological polar surface area (TPSA) is 41.6 Å². The van der Waals surface area contributed by atoms with Gasteiger partial charge in [-0.1, -0.05) is 43.2 Å². The average Bonchev–Trinajstić information content (AvgIpc) is 3.44. The van der Waals surface area contributed by atoms with Crippen LogP contribution in [-0.4, -0.2) is 37.0 Å². The lowest BCUT2D eigenvalue weighted by atomic mass is 10.00. The van der Waals surface area contributed by atoms with Crippen LogP contribution in [0.1, 0.15) is 50.5 Å². The molecule has 1 aliphatic heterocycles. The molecular formula is C24H32N2O2. The highest BCUT2D eigenvalue weighted by Crippen LogP contribution is 2.33. The standard InChI is InChI=1S/C24H32N2O2/c1-28-23-12-11-19-6-2-5-9-21(19)22(23)17-26(20-7-3-4-8-20)24(27)13-10-18-14-15-25-16-18/h2,5-6,9,11-12,18,20,25H,3-4,7-8,10,13-17H2,1H3. The van der Waals surface area contributed by atoms with E-state index in [-0.39, 0.29) is 0 Å². The predicted octanol–water partition coefficient (Wildman–Crippen LogP) is 4.51. The molecule has 1 atom stereocenters. The molecule has 1 heterocycles. The Bertz CT molecular complexity index is 807. The molecule has 150 valence electrons. The van der Waals surface area contributed by atoms with Crippen molar-refractivity contribution in [3.8, 4) is 5.75 Å². The first-order chi connectivity index (χ1) is 13.8. The van der Waals surface area contributed by atoms with Gasteiger partial charge in [-0.15, -0.1) is 0 Å². The first kappa shape index (κ1) is 19.3. The number of benzene rings is 2. The molecular weight excluding hydrogens is 348 g/mol. The van der Waals surface area contributed by atoms with Gasteiger partial charge in [-0.2, -0.15) is 0 Å². The summed E-state index contributed by atoms with van der Waals surface area (Å²) in [7, 11) is 1.72.